The second-order valence-corrected chi connectivity index (χ2v) is 6.46. The van der Waals surface area contributed by atoms with Crippen molar-refractivity contribution in [2.24, 2.45) is 0 Å². The van der Waals surface area contributed by atoms with Gasteiger partial charge in [0.25, 0.3) is 0 Å². The number of nitrogens with one attached hydrogen (secondary N) is 1. The van der Waals surface area contributed by atoms with Gasteiger partial charge in [-0.15, -0.1) is 11.3 Å². The molecule has 4 nitrogen and oxygen atoms in total. The number of thiophene rings is 1. The Bertz CT molecular complexity index is 795. The standard InChI is InChI=1S/C16H16N4S/c1-10-19-15(18-9-11-4-3-7-17-8-11)14-12-5-2-6-13(12)21-16(14)20-10/h3-4,7-8H,2,5-6,9H2,1H3,(H,18,19,20). The quantitative estimate of drug-likeness (QED) is 0.803. The second kappa shape index (κ2) is 5.07. The maximum absolute atomic E-state index is 4.63. The molecule has 0 unspecified atom stereocenters. The van der Waals surface area contributed by atoms with E-state index in [0.29, 0.717) is 0 Å². The molecule has 1 N–H and O–H groups in total. The zero-order valence-electron chi connectivity index (χ0n) is 11.9. The number of aromatic nitrogens is 3. The highest BCUT2D eigenvalue weighted by Gasteiger charge is 2.21. The normalized spacial score (nSPS) is 13.6. The van der Waals surface area contributed by atoms with Crippen LogP contribution in [-0.4, -0.2) is 15.0 Å². The Kier molecular flexibility index (Phi) is 3.07. The number of anilines is 1. The highest BCUT2D eigenvalue weighted by Crippen LogP contribution is 2.39. The average Bonchev–Trinajstić information content (AvgIpc) is 3.06. The molecule has 1 aliphatic rings. The Balaban J connectivity index is 1.73. The number of rotatable bonds is 3. The molecule has 3 aromatic rings. The number of pyridine rings is 1. The van der Waals surface area contributed by atoms with E-state index in [9.17, 15) is 0 Å². The molecule has 0 saturated heterocycles. The minimum absolute atomic E-state index is 0.740. The van der Waals surface area contributed by atoms with Crippen LogP contribution in [0.1, 0.15) is 28.2 Å². The van der Waals surface area contributed by atoms with Crippen LogP contribution in [0.25, 0.3) is 10.2 Å². The first-order chi connectivity index (χ1) is 10.3. The van der Waals surface area contributed by atoms with E-state index < -0.39 is 0 Å². The van der Waals surface area contributed by atoms with Crippen LogP contribution >= 0.6 is 11.3 Å². The molecule has 0 aromatic carbocycles. The van der Waals surface area contributed by atoms with Gasteiger partial charge in [-0.25, -0.2) is 9.97 Å². The molecule has 21 heavy (non-hydrogen) atoms. The summed E-state index contributed by atoms with van der Waals surface area (Å²) in [5.41, 5.74) is 2.62. The van der Waals surface area contributed by atoms with Crippen molar-refractivity contribution in [2.45, 2.75) is 32.7 Å². The molecular formula is C16H16N4S. The van der Waals surface area contributed by atoms with Gasteiger partial charge in [-0.1, -0.05) is 6.07 Å². The Morgan fingerprint density at radius 2 is 2.24 bits per heavy atom. The summed E-state index contributed by atoms with van der Waals surface area (Å²) in [4.78, 5) is 16.0. The van der Waals surface area contributed by atoms with E-state index in [1.54, 1.807) is 6.20 Å². The van der Waals surface area contributed by atoms with E-state index in [1.165, 1.54) is 28.7 Å². The third-order valence-corrected chi connectivity index (χ3v) is 5.04. The topological polar surface area (TPSA) is 50.7 Å². The van der Waals surface area contributed by atoms with Crippen LogP contribution in [0.5, 0.6) is 0 Å². The van der Waals surface area contributed by atoms with E-state index in [-0.39, 0.29) is 0 Å². The fourth-order valence-corrected chi connectivity index (χ4v) is 4.23. The van der Waals surface area contributed by atoms with Crippen molar-refractivity contribution < 1.29 is 0 Å². The number of hydrogen-bond acceptors (Lipinski definition) is 5. The van der Waals surface area contributed by atoms with Gasteiger partial charge < -0.3 is 5.32 Å². The Morgan fingerprint density at radius 1 is 1.29 bits per heavy atom. The van der Waals surface area contributed by atoms with Crippen molar-refractivity contribution in [3.8, 4) is 0 Å². The summed E-state index contributed by atoms with van der Waals surface area (Å²) in [5.74, 6) is 1.80. The Morgan fingerprint density at radius 3 is 3.10 bits per heavy atom. The van der Waals surface area contributed by atoms with E-state index in [1.807, 2.05) is 30.5 Å². The lowest BCUT2D eigenvalue weighted by molar-refractivity contribution is 0.916. The number of hydrogen-bond donors (Lipinski definition) is 1. The van der Waals surface area contributed by atoms with Crippen LogP contribution in [0.2, 0.25) is 0 Å². The maximum Gasteiger partial charge on any atom is 0.139 e. The van der Waals surface area contributed by atoms with Crippen molar-refractivity contribution in [1.29, 1.82) is 0 Å². The van der Waals surface area contributed by atoms with Crippen molar-refractivity contribution in [3.05, 3.63) is 46.4 Å². The Hall–Kier alpha value is -2.01. The highest BCUT2D eigenvalue weighted by molar-refractivity contribution is 7.19. The fourth-order valence-electron chi connectivity index (χ4n) is 2.92. The second-order valence-electron chi connectivity index (χ2n) is 5.37. The number of aryl methyl sites for hydroxylation is 3. The fraction of sp³-hybridized carbons (Fsp3) is 0.312. The monoisotopic (exact) mass is 296 g/mol. The summed E-state index contributed by atoms with van der Waals surface area (Å²) in [7, 11) is 0. The van der Waals surface area contributed by atoms with Crippen LogP contribution in [0.15, 0.2) is 24.5 Å². The van der Waals surface area contributed by atoms with Crippen molar-refractivity contribution in [1.82, 2.24) is 15.0 Å². The molecule has 0 spiro atoms. The predicted molar refractivity (Wildman–Crippen MR) is 85.7 cm³/mol. The van der Waals surface area contributed by atoms with Gasteiger partial charge in [-0.2, -0.15) is 0 Å². The van der Waals surface area contributed by atoms with E-state index in [0.717, 1.165) is 35.0 Å². The number of fused-ring (bicyclic) bond motifs is 3. The Labute approximate surface area is 127 Å². The molecule has 0 saturated carbocycles. The smallest absolute Gasteiger partial charge is 0.139 e. The highest BCUT2D eigenvalue weighted by atomic mass is 32.1. The SMILES string of the molecule is Cc1nc(NCc2cccnc2)c2c3c(sc2n1)CCC3. The molecule has 3 heterocycles. The van der Waals surface area contributed by atoms with Gasteiger partial charge in [-0.05, 0) is 43.4 Å². The zero-order chi connectivity index (χ0) is 14.2. The minimum atomic E-state index is 0.740. The maximum atomic E-state index is 4.63. The van der Waals surface area contributed by atoms with Gasteiger partial charge in [0.1, 0.15) is 16.5 Å². The molecule has 4 rings (SSSR count). The summed E-state index contributed by atoms with van der Waals surface area (Å²) in [6.07, 6.45) is 7.28. The van der Waals surface area contributed by atoms with Crippen LogP contribution in [0.3, 0.4) is 0 Å². The van der Waals surface area contributed by atoms with Crippen molar-refractivity contribution in [2.75, 3.05) is 5.32 Å². The van der Waals surface area contributed by atoms with Gasteiger partial charge in [0.2, 0.25) is 0 Å². The molecule has 5 heteroatoms. The van der Waals surface area contributed by atoms with E-state index in [2.05, 4.69) is 26.3 Å². The number of nitrogens with zero attached hydrogens (tertiary/aromatic N) is 3. The van der Waals surface area contributed by atoms with Gasteiger partial charge in [0.05, 0.1) is 5.39 Å². The van der Waals surface area contributed by atoms with E-state index >= 15 is 0 Å². The van der Waals surface area contributed by atoms with Crippen LogP contribution in [-0.2, 0) is 19.4 Å². The molecule has 0 atom stereocenters. The first-order valence-electron chi connectivity index (χ1n) is 7.23. The van der Waals surface area contributed by atoms with Crippen LogP contribution < -0.4 is 5.32 Å². The largest absolute Gasteiger partial charge is 0.365 e. The van der Waals surface area contributed by atoms with Crippen molar-refractivity contribution in [3.63, 3.8) is 0 Å². The van der Waals surface area contributed by atoms with Gasteiger partial charge >= 0.3 is 0 Å². The third-order valence-electron chi connectivity index (χ3n) is 3.86. The predicted octanol–water partition coefficient (Wildman–Crippen LogP) is 3.50. The summed E-state index contributed by atoms with van der Waals surface area (Å²) >= 11 is 1.83. The van der Waals surface area contributed by atoms with E-state index in [4.69, 9.17) is 0 Å². The van der Waals surface area contributed by atoms with Gasteiger partial charge in [-0.3, -0.25) is 4.98 Å². The zero-order valence-corrected chi connectivity index (χ0v) is 12.7. The summed E-state index contributed by atoms with van der Waals surface area (Å²) < 4.78 is 0. The minimum Gasteiger partial charge on any atom is -0.365 e. The van der Waals surface area contributed by atoms with Crippen LogP contribution in [0, 0.1) is 6.92 Å². The molecule has 3 aromatic heterocycles. The molecular weight excluding hydrogens is 280 g/mol. The molecule has 0 aliphatic heterocycles. The van der Waals surface area contributed by atoms with Gasteiger partial charge in [0, 0.05) is 23.8 Å². The first-order valence-corrected chi connectivity index (χ1v) is 8.04. The molecule has 106 valence electrons. The van der Waals surface area contributed by atoms with Gasteiger partial charge in [0.15, 0.2) is 0 Å². The third kappa shape index (κ3) is 2.27. The molecule has 0 bridgehead atoms. The lowest BCUT2D eigenvalue weighted by Crippen LogP contribution is -2.04. The lowest BCUT2D eigenvalue weighted by Gasteiger charge is -2.08. The molecule has 0 fully saturated rings. The molecule has 0 amide bonds. The summed E-state index contributed by atoms with van der Waals surface area (Å²) in [6, 6.07) is 4.03. The first kappa shape index (κ1) is 12.7. The summed E-state index contributed by atoms with van der Waals surface area (Å²) in [5, 5.41) is 4.71. The lowest BCUT2D eigenvalue weighted by atomic mass is 10.2. The van der Waals surface area contributed by atoms with Crippen LogP contribution in [0.4, 0.5) is 5.82 Å². The molecule has 0 radical (unpaired) electrons. The average molecular weight is 296 g/mol. The molecule has 1 aliphatic carbocycles. The van der Waals surface area contributed by atoms with Crippen molar-refractivity contribution >= 4 is 27.4 Å². The summed E-state index contributed by atoms with van der Waals surface area (Å²) in [6.45, 7) is 2.70.